The molecule has 0 spiro atoms. The minimum absolute atomic E-state index is 0.563. The van der Waals surface area contributed by atoms with Gasteiger partial charge in [-0.25, -0.2) is 28.8 Å². The van der Waals surface area contributed by atoms with Crippen LogP contribution < -0.4 is 23.7 Å². The van der Waals surface area contributed by atoms with Gasteiger partial charge in [0.15, 0.2) is 74.7 Å². The number of carbonyl (C=O) groups is 6. The van der Waals surface area contributed by atoms with Crippen LogP contribution in [0.25, 0.3) is 0 Å². The quantitative estimate of drug-likeness (QED) is 0.0500. The van der Waals surface area contributed by atoms with Crippen LogP contribution in [0.1, 0.15) is 62.1 Å². The Bertz CT molecular complexity index is 3090. The molecule has 0 saturated carbocycles. The molecule has 0 saturated heterocycles. The predicted molar refractivity (Wildman–Crippen MR) is 212 cm³/mol. The van der Waals surface area contributed by atoms with Crippen LogP contribution in [0, 0.1) is 0 Å². The fourth-order valence-electron chi connectivity index (χ4n) is 5.47. The summed E-state index contributed by atoms with van der Waals surface area (Å²) in [6, 6.07) is 7.39. The maximum atomic E-state index is 13.3. The number of hydrogen-bond acceptors (Lipinski definition) is 24. The molecule has 6 aromatic carbocycles. The second-order valence-corrected chi connectivity index (χ2v) is 13.3. The molecule has 6 aromatic rings. The van der Waals surface area contributed by atoms with Crippen molar-refractivity contribution in [2.24, 2.45) is 0 Å². The molecule has 344 valence electrons. The summed E-state index contributed by atoms with van der Waals surface area (Å²) in [5.41, 5.74) is -4.15. The molecule has 0 aromatic heterocycles. The summed E-state index contributed by atoms with van der Waals surface area (Å²) >= 11 is 0. The van der Waals surface area contributed by atoms with Crippen molar-refractivity contribution >= 4 is 35.8 Å². The van der Waals surface area contributed by atoms with Gasteiger partial charge in [-0.3, -0.25) is 0 Å². The fourth-order valence-corrected chi connectivity index (χ4v) is 5.47. The van der Waals surface area contributed by atoms with Gasteiger partial charge in [0.1, 0.15) is 0 Å². The molecule has 0 unspecified atom stereocenters. The Morgan fingerprint density at radius 1 is 0.254 bits per heavy atom. The molecule has 67 heavy (non-hydrogen) atoms. The van der Waals surface area contributed by atoms with Crippen molar-refractivity contribution in [1.29, 1.82) is 0 Å². The number of phenolic OH excluding ortho intramolecular Hbond substituents is 13. The molecule has 0 amide bonds. The summed E-state index contributed by atoms with van der Waals surface area (Å²) in [5.74, 6) is -27.8. The van der Waals surface area contributed by atoms with E-state index in [4.69, 9.17) is 23.7 Å². The van der Waals surface area contributed by atoms with Gasteiger partial charge >= 0.3 is 35.8 Å². The number of carboxylic acids is 1. The first-order valence-corrected chi connectivity index (χ1v) is 17.8. The van der Waals surface area contributed by atoms with Gasteiger partial charge in [-0.1, -0.05) is 0 Å². The lowest BCUT2D eigenvalue weighted by Gasteiger charge is -2.14. The average molecular weight is 931 g/mol. The summed E-state index contributed by atoms with van der Waals surface area (Å²) < 4.78 is 25.0. The highest BCUT2D eigenvalue weighted by Crippen LogP contribution is 2.44. The summed E-state index contributed by atoms with van der Waals surface area (Å²) in [5, 5.41) is 141. The maximum absolute atomic E-state index is 13.3. The smallest absolute Gasteiger partial charge is 0.343 e. The third-order valence-electron chi connectivity index (χ3n) is 8.78. The van der Waals surface area contributed by atoms with Gasteiger partial charge in [0.2, 0.25) is 28.7 Å². The van der Waals surface area contributed by atoms with Crippen molar-refractivity contribution in [2.75, 3.05) is 0 Å². The number of phenols is 13. The zero-order valence-electron chi connectivity index (χ0n) is 32.7. The van der Waals surface area contributed by atoms with Crippen molar-refractivity contribution in [3.05, 3.63) is 106 Å². The summed E-state index contributed by atoms with van der Waals surface area (Å²) in [4.78, 5) is 76.4. The van der Waals surface area contributed by atoms with Gasteiger partial charge in [0.05, 0.1) is 33.4 Å². The van der Waals surface area contributed by atoms with Crippen molar-refractivity contribution in [1.82, 2.24) is 0 Å². The first kappa shape index (κ1) is 46.1. The first-order valence-electron chi connectivity index (χ1n) is 17.8. The van der Waals surface area contributed by atoms with Crippen LogP contribution in [0.5, 0.6) is 103 Å². The van der Waals surface area contributed by atoms with Crippen LogP contribution in [0.4, 0.5) is 0 Å². The largest absolute Gasteiger partial charge is 0.504 e. The Labute approximate surface area is 369 Å². The molecule has 0 heterocycles. The number of rotatable bonds is 11. The highest BCUT2D eigenvalue weighted by Gasteiger charge is 2.27. The third kappa shape index (κ3) is 9.49. The molecular weight excluding hydrogens is 904 g/mol. The van der Waals surface area contributed by atoms with Gasteiger partial charge in [-0.05, 0) is 72.8 Å². The minimum Gasteiger partial charge on any atom is -0.504 e. The van der Waals surface area contributed by atoms with E-state index in [-0.39, 0.29) is 0 Å². The summed E-state index contributed by atoms with van der Waals surface area (Å²) in [7, 11) is 0. The lowest BCUT2D eigenvalue weighted by Crippen LogP contribution is -2.14. The van der Waals surface area contributed by atoms with E-state index in [1.807, 2.05) is 0 Å². The molecule has 0 aliphatic heterocycles. The van der Waals surface area contributed by atoms with Crippen LogP contribution in [0.3, 0.4) is 0 Å². The van der Waals surface area contributed by atoms with E-state index in [0.717, 1.165) is 0 Å². The molecule has 14 N–H and O–H groups in total. The normalized spacial score (nSPS) is 10.7. The average Bonchev–Trinajstić information content (AvgIpc) is 3.26. The number of aromatic hydroxyl groups is 13. The zero-order valence-corrected chi connectivity index (χ0v) is 32.7. The molecule has 0 aliphatic rings. The summed E-state index contributed by atoms with van der Waals surface area (Å²) in [6.45, 7) is 0. The molecule has 0 atom stereocenters. The van der Waals surface area contributed by atoms with Gasteiger partial charge in [0.25, 0.3) is 0 Å². The Hall–Kier alpha value is -10.5. The van der Waals surface area contributed by atoms with E-state index in [1.54, 1.807) is 0 Å². The standard InChI is InChI=1S/C42H26O25/c43-19-2-14(3-20(44)31(19)50)38(58)64-27-9-16(5-22(46)33(27)52)40(60)66-29-11-18(7-24(48)35(29)54)42(62)67-30-12-17(6-25(49)36(30)55)41(61)65-28-10-15(4-23(47)34(28)53)39(59)63-26-8-13(37(56)57)1-21(45)32(26)51/h1-12,43-55H,(H,56,57). The van der Waals surface area contributed by atoms with Crippen molar-refractivity contribution in [2.45, 2.75) is 0 Å². The lowest BCUT2D eigenvalue weighted by atomic mass is 10.1. The number of ether oxygens (including phenoxy) is 5. The van der Waals surface area contributed by atoms with Crippen LogP contribution in [0.15, 0.2) is 72.8 Å². The number of carboxylic acid groups (broad SMARTS) is 1. The third-order valence-corrected chi connectivity index (χ3v) is 8.78. The van der Waals surface area contributed by atoms with Crippen molar-refractivity contribution in [3.63, 3.8) is 0 Å². The number of esters is 5. The van der Waals surface area contributed by atoms with E-state index < -0.39 is 173 Å². The van der Waals surface area contributed by atoms with E-state index in [2.05, 4.69) is 0 Å². The monoisotopic (exact) mass is 930 g/mol. The second-order valence-electron chi connectivity index (χ2n) is 13.3. The van der Waals surface area contributed by atoms with Crippen molar-refractivity contribution in [3.8, 4) is 103 Å². The Morgan fingerprint density at radius 2 is 0.418 bits per heavy atom. The highest BCUT2D eigenvalue weighted by atomic mass is 16.6. The highest BCUT2D eigenvalue weighted by molar-refractivity contribution is 5.99. The number of benzene rings is 6. The van der Waals surface area contributed by atoms with Crippen LogP contribution in [0.2, 0.25) is 0 Å². The molecule has 0 aliphatic carbocycles. The first-order chi connectivity index (χ1) is 31.4. The summed E-state index contributed by atoms with van der Waals surface area (Å²) in [6.07, 6.45) is 0. The van der Waals surface area contributed by atoms with E-state index in [9.17, 15) is 100 Å². The molecule has 0 bridgehead atoms. The van der Waals surface area contributed by atoms with Crippen LogP contribution in [-0.4, -0.2) is 107 Å². The molecule has 0 fully saturated rings. The second kappa shape index (κ2) is 17.7. The Balaban J connectivity index is 1.20. The van der Waals surface area contributed by atoms with Gasteiger partial charge in [0, 0.05) is 0 Å². The molecule has 6 rings (SSSR count). The molecular formula is C42H26O25. The van der Waals surface area contributed by atoms with Gasteiger partial charge < -0.3 is 95.2 Å². The maximum Gasteiger partial charge on any atom is 0.343 e. The zero-order chi connectivity index (χ0) is 49.3. The van der Waals surface area contributed by atoms with E-state index >= 15 is 0 Å². The van der Waals surface area contributed by atoms with Crippen LogP contribution in [-0.2, 0) is 0 Å². The van der Waals surface area contributed by atoms with Crippen molar-refractivity contribution < 1.29 is 124 Å². The molecule has 0 radical (unpaired) electrons. The van der Waals surface area contributed by atoms with E-state index in [1.165, 1.54) is 0 Å². The lowest BCUT2D eigenvalue weighted by molar-refractivity contribution is 0.0684. The predicted octanol–water partition coefficient (Wildman–Crippen LogP) is 3.65. The Morgan fingerprint density at radius 3 is 0.627 bits per heavy atom. The number of hydrogen-bond donors (Lipinski definition) is 14. The number of carbonyl (C=O) groups excluding carboxylic acids is 5. The van der Waals surface area contributed by atoms with E-state index in [0.29, 0.717) is 72.8 Å². The van der Waals surface area contributed by atoms with Crippen LogP contribution >= 0.6 is 0 Å². The molecule has 25 heteroatoms. The molecule has 25 nitrogen and oxygen atoms in total. The number of aromatic carboxylic acids is 1. The SMILES string of the molecule is O=C(O)c1cc(O)c(O)c(OC(=O)c2cc(O)c(O)c(OC(=O)c3cc(O)c(O)c(OC(=O)c4cc(O)c(O)c(OC(=O)c5cc(O)c(O)c(OC(=O)c6cc(O)c(O)c(O)c6)c5)c4)c3)c2)c1. The fraction of sp³-hybridized carbons (Fsp3) is 0. The topological polar surface area (TPSA) is 432 Å². The van der Waals surface area contributed by atoms with Gasteiger partial charge in [-0.2, -0.15) is 0 Å². The minimum atomic E-state index is -1.59. The Kier molecular flexibility index (Phi) is 12.2. The van der Waals surface area contributed by atoms with Gasteiger partial charge in [-0.15, -0.1) is 0 Å².